The van der Waals surface area contributed by atoms with E-state index < -0.39 is 0 Å². The van der Waals surface area contributed by atoms with Gasteiger partial charge < -0.3 is 10.2 Å². The molecule has 1 aliphatic rings. The predicted octanol–water partition coefficient (Wildman–Crippen LogP) is 4.07. The molecule has 7 heteroatoms. The van der Waals surface area contributed by atoms with Crippen molar-refractivity contribution in [3.8, 4) is 5.82 Å². The first-order valence-electron chi connectivity index (χ1n) is 10.9. The number of amides is 1. The zero-order valence-electron chi connectivity index (χ0n) is 18.8. The Bertz CT molecular complexity index is 1080. The van der Waals surface area contributed by atoms with Gasteiger partial charge in [-0.15, -0.1) is 10.2 Å². The summed E-state index contributed by atoms with van der Waals surface area (Å²) in [5, 5.41) is 16.5. The number of hydrogen-bond acceptors (Lipinski definition) is 5. The van der Waals surface area contributed by atoms with Crippen LogP contribution < -0.4 is 10.2 Å². The minimum Gasteiger partial charge on any atom is -0.355 e. The van der Waals surface area contributed by atoms with Gasteiger partial charge in [-0.05, 0) is 87.9 Å². The van der Waals surface area contributed by atoms with Crippen LogP contribution in [0.15, 0.2) is 30.3 Å². The van der Waals surface area contributed by atoms with Gasteiger partial charge in [-0.1, -0.05) is 6.07 Å². The number of carbonyl (C=O) groups excluding carboxylic acids is 1. The Labute approximate surface area is 183 Å². The Hall–Kier alpha value is -3.22. The highest BCUT2D eigenvalue weighted by Crippen LogP contribution is 2.21. The minimum atomic E-state index is 0.00422. The summed E-state index contributed by atoms with van der Waals surface area (Å²) in [5.41, 5.74) is 6.23. The van der Waals surface area contributed by atoms with Gasteiger partial charge in [0.1, 0.15) is 0 Å². The maximum absolute atomic E-state index is 12.5. The molecule has 1 amide bonds. The van der Waals surface area contributed by atoms with Crippen LogP contribution in [0.3, 0.4) is 0 Å². The number of anilines is 2. The maximum atomic E-state index is 12.5. The average molecular weight is 419 g/mol. The van der Waals surface area contributed by atoms with Crippen molar-refractivity contribution >= 4 is 17.4 Å². The smallest absolute Gasteiger partial charge is 0.224 e. The van der Waals surface area contributed by atoms with E-state index in [0.29, 0.717) is 18.7 Å². The fourth-order valence-corrected chi connectivity index (χ4v) is 4.09. The number of nitrogens with one attached hydrogen (secondary N) is 1. The Morgan fingerprint density at radius 3 is 2.35 bits per heavy atom. The van der Waals surface area contributed by atoms with Gasteiger partial charge in [-0.3, -0.25) is 4.79 Å². The normalized spacial score (nSPS) is 13.6. The molecule has 1 aromatic carbocycles. The Morgan fingerprint density at radius 1 is 0.968 bits per heavy atom. The van der Waals surface area contributed by atoms with Crippen molar-refractivity contribution in [2.75, 3.05) is 23.3 Å². The molecule has 1 fully saturated rings. The standard InChI is InChI=1S/C24H30N6O/c1-16-7-8-20(15-17(16)2)25-24(31)12-9-21-18(3)28-30(19(21)4)23-11-10-22(26-27-23)29-13-5-6-14-29/h7-8,10-11,15H,5-6,9,12-14H2,1-4H3,(H,25,31). The van der Waals surface area contributed by atoms with E-state index >= 15 is 0 Å². The highest BCUT2D eigenvalue weighted by molar-refractivity contribution is 5.91. The van der Waals surface area contributed by atoms with Crippen LogP contribution >= 0.6 is 0 Å². The molecule has 7 nitrogen and oxygen atoms in total. The van der Waals surface area contributed by atoms with Gasteiger partial charge in [-0.25, -0.2) is 4.68 Å². The lowest BCUT2D eigenvalue weighted by molar-refractivity contribution is -0.116. The van der Waals surface area contributed by atoms with Gasteiger partial charge in [0.25, 0.3) is 0 Å². The molecule has 3 heterocycles. The molecular formula is C24H30N6O. The molecule has 3 aromatic rings. The van der Waals surface area contributed by atoms with Crippen LogP contribution in [0, 0.1) is 27.7 Å². The monoisotopic (exact) mass is 418 g/mol. The van der Waals surface area contributed by atoms with Crippen molar-refractivity contribution in [1.29, 1.82) is 0 Å². The number of aromatic nitrogens is 4. The summed E-state index contributed by atoms with van der Waals surface area (Å²) >= 11 is 0. The number of aryl methyl sites for hydroxylation is 3. The zero-order chi connectivity index (χ0) is 22.0. The molecule has 162 valence electrons. The van der Waals surface area contributed by atoms with E-state index in [1.807, 2.05) is 55.8 Å². The van der Waals surface area contributed by atoms with Gasteiger partial charge in [0.15, 0.2) is 11.6 Å². The van der Waals surface area contributed by atoms with Gasteiger partial charge in [0.2, 0.25) is 5.91 Å². The molecule has 2 aromatic heterocycles. The van der Waals surface area contributed by atoms with Gasteiger partial charge in [-0.2, -0.15) is 5.10 Å². The molecule has 1 N–H and O–H groups in total. The number of carbonyl (C=O) groups is 1. The summed E-state index contributed by atoms with van der Waals surface area (Å²) in [7, 11) is 0. The second-order valence-electron chi connectivity index (χ2n) is 8.35. The molecule has 0 saturated carbocycles. The van der Waals surface area contributed by atoms with Crippen molar-refractivity contribution in [1.82, 2.24) is 20.0 Å². The maximum Gasteiger partial charge on any atom is 0.224 e. The summed E-state index contributed by atoms with van der Waals surface area (Å²) in [5.74, 6) is 1.63. The van der Waals surface area contributed by atoms with Crippen molar-refractivity contribution < 1.29 is 4.79 Å². The van der Waals surface area contributed by atoms with Crippen molar-refractivity contribution in [2.45, 2.75) is 53.4 Å². The lowest BCUT2D eigenvalue weighted by atomic mass is 10.1. The minimum absolute atomic E-state index is 0.00422. The van der Waals surface area contributed by atoms with E-state index in [1.165, 1.54) is 24.0 Å². The Morgan fingerprint density at radius 2 is 1.68 bits per heavy atom. The van der Waals surface area contributed by atoms with Crippen LogP contribution in [0.1, 0.15) is 47.3 Å². The van der Waals surface area contributed by atoms with E-state index in [1.54, 1.807) is 0 Å². The van der Waals surface area contributed by atoms with Gasteiger partial charge in [0.05, 0.1) is 5.69 Å². The molecule has 1 saturated heterocycles. The van der Waals surface area contributed by atoms with Crippen LogP contribution in [0.5, 0.6) is 0 Å². The highest BCUT2D eigenvalue weighted by atomic mass is 16.1. The van der Waals surface area contributed by atoms with E-state index in [-0.39, 0.29) is 5.91 Å². The molecule has 0 aliphatic carbocycles. The predicted molar refractivity (Wildman–Crippen MR) is 123 cm³/mol. The zero-order valence-corrected chi connectivity index (χ0v) is 18.8. The fraction of sp³-hybridized carbons (Fsp3) is 0.417. The van der Waals surface area contributed by atoms with Crippen LogP contribution in [0.2, 0.25) is 0 Å². The van der Waals surface area contributed by atoms with Crippen LogP contribution in [0.4, 0.5) is 11.5 Å². The van der Waals surface area contributed by atoms with Gasteiger partial charge >= 0.3 is 0 Å². The highest BCUT2D eigenvalue weighted by Gasteiger charge is 2.17. The first kappa shape index (κ1) is 21.0. The number of nitrogens with zero attached hydrogens (tertiary/aromatic N) is 5. The Kier molecular flexibility index (Phi) is 6.02. The molecule has 0 unspecified atom stereocenters. The second-order valence-corrected chi connectivity index (χ2v) is 8.35. The lowest BCUT2D eigenvalue weighted by Crippen LogP contribution is -2.19. The topological polar surface area (TPSA) is 75.9 Å². The van der Waals surface area contributed by atoms with Crippen LogP contribution in [-0.2, 0) is 11.2 Å². The molecule has 4 rings (SSSR count). The molecule has 0 bridgehead atoms. The van der Waals surface area contributed by atoms with Crippen LogP contribution in [0.25, 0.3) is 5.82 Å². The molecule has 0 radical (unpaired) electrons. The third kappa shape index (κ3) is 4.60. The third-order valence-electron chi connectivity index (χ3n) is 6.12. The second kappa shape index (κ2) is 8.88. The summed E-state index contributed by atoms with van der Waals surface area (Å²) in [6.45, 7) is 10.2. The number of hydrogen-bond donors (Lipinski definition) is 1. The molecule has 31 heavy (non-hydrogen) atoms. The Balaban J connectivity index is 1.43. The van der Waals surface area contributed by atoms with E-state index in [2.05, 4.69) is 32.4 Å². The fourth-order valence-electron chi connectivity index (χ4n) is 4.09. The van der Waals surface area contributed by atoms with E-state index in [0.717, 1.165) is 41.5 Å². The molecule has 1 aliphatic heterocycles. The number of rotatable bonds is 6. The molecular weight excluding hydrogens is 388 g/mol. The van der Waals surface area contributed by atoms with Crippen molar-refractivity contribution in [3.63, 3.8) is 0 Å². The third-order valence-corrected chi connectivity index (χ3v) is 6.12. The summed E-state index contributed by atoms with van der Waals surface area (Å²) in [6, 6.07) is 9.96. The summed E-state index contributed by atoms with van der Waals surface area (Å²) < 4.78 is 1.83. The quantitative estimate of drug-likeness (QED) is 0.653. The first-order chi connectivity index (χ1) is 14.9. The first-order valence-corrected chi connectivity index (χ1v) is 10.9. The lowest BCUT2D eigenvalue weighted by Gasteiger charge is -2.15. The van der Waals surface area contributed by atoms with Crippen LogP contribution in [-0.4, -0.2) is 39.0 Å². The average Bonchev–Trinajstić information content (AvgIpc) is 3.38. The number of benzene rings is 1. The van der Waals surface area contributed by atoms with E-state index in [9.17, 15) is 4.79 Å². The summed E-state index contributed by atoms with van der Waals surface area (Å²) in [4.78, 5) is 14.7. The summed E-state index contributed by atoms with van der Waals surface area (Å²) in [6.07, 6.45) is 3.45. The van der Waals surface area contributed by atoms with Crippen molar-refractivity contribution in [3.05, 3.63) is 58.4 Å². The largest absolute Gasteiger partial charge is 0.355 e. The van der Waals surface area contributed by atoms with Gasteiger partial charge in [0, 0.05) is 30.9 Å². The van der Waals surface area contributed by atoms with E-state index in [4.69, 9.17) is 0 Å². The van der Waals surface area contributed by atoms with Crippen molar-refractivity contribution in [2.24, 2.45) is 0 Å². The molecule has 0 spiro atoms. The SMILES string of the molecule is Cc1ccc(NC(=O)CCc2c(C)nn(-c3ccc(N4CCCC4)nn3)c2C)cc1C. The molecule has 0 atom stereocenters.